The molecular weight excluding hydrogens is 328 g/mol. The summed E-state index contributed by atoms with van der Waals surface area (Å²) in [5, 5.41) is 0. The first kappa shape index (κ1) is 21.4. The van der Waals surface area contributed by atoms with Crippen LogP contribution in [-0.4, -0.2) is 47.9 Å². The first-order valence-electron chi connectivity index (χ1n) is 7.60. The highest BCUT2D eigenvalue weighted by atomic mass is 32.2. The number of hydrogen-bond acceptors (Lipinski definition) is 6. The Morgan fingerprint density at radius 2 is 1.33 bits per heavy atom. The number of rotatable bonds is 13. The zero-order valence-corrected chi connectivity index (χ0v) is 16.3. The van der Waals surface area contributed by atoms with Gasteiger partial charge in [-0.1, -0.05) is 20.8 Å². The molecule has 0 saturated carbocycles. The topological polar surface area (TPSA) is 61.8 Å². The molecule has 0 aliphatic heterocycles. The molecule has 1 unspecified atom stereocenters. The van der Waals surface area contributed by atoms with Crippen molar-refractivity contribution >= 4 is 31.3 Å². The Bertz CT molecular complexity index is 340. The van der Waals surface area contributed by atoms with Gasteiger partial charge in [-0.15, -0.1) is 0 Å². The van der Waals surface area contributed by atoms with Gasteiger partial charge < -0.3 is 13.3 Å². The smallest absolute Gasteiger partial charge is 0.373 e. The van der Waals surface area contributed by atoms with Crippen molar-refractivity contribution < 1.29 is 21.7 Å². The second-order valence-corrected chi connectivity index (χ2v) is 11.0. The fourth-order valence-electron chi connectivity index (χ4n) is 1.63. The van der Waals surface area contributed by atoms with Gasteiger partial charge in [-0.25, -0.2) is 8.42 Å². The maximum absolute atomic E-state index is 11.5. The van der Waals surface area contributed by atoms with Gasteiger partial charge in [0.1, 0.15) is 4.58 Å². The van der Waals surface area contributed by atoms with Crippen molar-refractivity contribution in [1.82, 2.24) is 0 Å². The van der Waals surface area contributed by atoms with Crippen molar-refractivity contribution in [3.8, 4) is 0 Å². The average Bonchev–Trinajstić information content (AvgIpc) is 2.44. The SMILES string of the molecule is CCCO[Si](CCC(S)S(C)(=O)=O)(OCCC)OCCC. The van der Waals surface area contributed by atoms with Crippen LogP contribution in [0.3, 0.4) is 0 Å². The molecule has 8 heteroatoms. The fraction of sp³-hybridized carbons (Fsp3) is 1.00. The van der Waals surface area contributed by atoms with E-state index in [1.54, 1.807) is 0 Å². The molecule has 0 aliphatic carbocycles. The summed E-state index contributed by atoms with van der Waals surface area (Å²) in [7, 11) is -5.98. The molecule has 0 saturated heterocycles. The van der Waals surface area contributed by atoms with E-state index in [1.807, 2.05) is 20.8 Å². The summed E-state index contributed by atoms with van der Waals surface area (Å²) in [6.45, 7) is 7.77. The van der Waals surface area contributed by atoms with Crippen molar-refractivity contribution in [3.63, 3.8) is 0 Å². The molecule has 21 heavy (non-hydrogen) atoms. The molecule has 0 aromatic heterocycles. The summed E-state index contributed by atoms with van der Waals surface area (Å²) < 4.78 is 40.0. The van der Waals surface area contributed by atoms with E-state index in [1.165, 1.54) is 6.26 Å². The van der Waals surface area contributed by atoms with Crippen LogP contribution in [0.1, 0.15) is 46.5 Å². The van der Waals surface area contributed by atoms with Gasteiger partial charge in [-0.3, -0.25) is 0 Å². The summed E-state index contributed by atoms with van der Waals surface area (Å²) in [4.78, 5) is 0. The van der Waals surface area contributed by atoms with Crippen molar-refractivity contribution in [2.24, 2.45) is 0 Å². The van der Waals surface area contributed by atoms with Crippen molar-refractivity contribution in [3.05, 3.63) is 0 Å². The highest BCUT2D eigenvalue weighted by Crippen LogP contribution is 2.23. The third-order valence-corrected chi connectivity index (χ3v) is 8.23. The van der Waals surface area contributed by atoms with Crippen molar-refractivity contribution in [2.45, 2.75) is 57.1 Å². The van der Waals surface area contributed by atoms with E-state index in [2.05, 4.69) is 12.6 Å². The lowest BCUT2D eigenvalue weighted by molar-refractivity contribution is 0.0590. The molecule has 5 nitrogen and oxygen atoms in total. The van der Waals surface area contributed by atoms with Crippen LogP contribution in [0.15, 0.2) is 0 Å². The zero-order valence-electron chi connectivity index (χ0n) is 13.6. The lowest BCUT2D eigenvalue weighted by Crippen LogP contribution is -2.47. The number of thiol groups is 1. The van der Waals surface area contributed by atoms with E-state index in [9.17, 15) is 8.42 Å². The number of sulfone groups is 1. The van der Waals surface area contributed by atoms with E-state index in [4.69, 9.17) is 13.3 Å². The van der Waals surface area contributed by atoms with Crippen LogP contribution in [0.25, 0.3) is 0 Å². The van der Waals surface area contributed by atoms with Crippen molar-refractivity contribution in [1.29, 1.82) is 0 Å². The lowest BCUT2D eigenvalue weighted by Gasteiger charge is -2.30. The van der Waals surface area contributed by atoms with E-state index in [0.717, 1.165) is 19.3 Å². The molecule has 0 fully saturated rings. The second kappa shape index (κ2) is 11.0. The van der Waals surface area contributed by atoms with E-state index in [-0.39, 0.29) is 0 Å². The molecule has 0 rings (SSSR count). The lowest BCUT2D eigenvalue weighted by atomic mass is 10.5. The molecule has 0 aliphatic rings. The van der Waals surface area contributed by atoms with E-state index in [0.29, 0.717) is 32.3 Å². The molecule has 0 heterocycles. The standard InChI is InChI=1S/C13H30O5S2Si/c1-5-9-16-21(17-10-6-2,18-11-7-3)12-8-13(19)20(4,14)15/h13,19H,5-12H2,1-4H3. The fourth-order valence-corrected chi connectivity index (χ4v) is 5.63. The van der Waals surface area contributed by atoms with Crippen LogP contribution in [-0.2, 0) is 23.1 Å². The molecule has 128 valence electrons. The molecule has 0 aromatic carbocycles. The Kier molecular flexibility index (Phi) is 11.2. The van der Waals surface area contributed by atoms with Crippen LogP contribution in [0.5, 0.6) is 0 Å². The van der Waals surface area contributed by atoms with Crippen molar-refractivity contribution in [2.75, 3.05) is 26.1 Å². The Morgan fingerprint density at radius 3 is 1.62 bits per heavy atom. The van der Waals surface area contributed by atoms with E-state index < -0.39 is 23.2 Å². The molecular formula is C13H30O5S2Si. The molecule has 0 bridgehead atoms. The van der Waals surface area contributed by atoms with Gasteiger partial charge in [0.2, 0.25) is 0 Å². The Labute approximate surface area is 136 Å². The normalized spacial score (nSPS) is 14.3. The molecule has 0 aromatic rings. The quantitative estimate of drug-likeness (QED) is 0.405. The van der Waals surface area contributed by atoms with Crippen LogP contribution in [0.2, 0.25) is 6.04 Å². The van der Waals surface area contributed by atoms with Gasteiger partial charge in [0.25, 0.3) is 0 Å². The van der Waals surface area contributed by atoms with Gasteiger partial charge in [-0.05, 0) is 25.7 Å². The van der Waals surface area contributed by atoms with Crippen LogP contribution in [0.4, 0.5) is 0 Å². The second-order valence-electron chi connectivity index (χ2n) is 5.05. The zero-order chi connectivity index (χ0) is 16.4. The Hall–Kier alpha value is 0.397. The van der Waals surface area contributed by atoms with Gasteiger partial charge >= 0.3 is 8.80 Å². The highest BCUT2D eigenvalue weighted by Gasteiger charge is 2.41. The minimum absolute atomic E-state index is 0.380. The summed E-state index contributed by atoms with van der Waals surface area (Å²) >= 11 is 4.16. The van der Waals surface area contributed by atoms with Gasteiger partial charge in [-0.2, -0.15) is 12.6 Å². The van der Waals surface area contributed by atoms with Gasteiger partial charge in [0, 0.05) is 32.1 Å². The van der Waals surface area contributed by atoms with Gasteiger partial charge in [0.15, 0.2) is 9.84 Å². The van der Waals surface area contributed by atoms with Crippen LogP contribution in [0, 0.1) is 0 Å². The highest BCUT2D eigenvalue weighted by molar-refractivity contribution is 8.04. The summed E-state index contributed by atoms with van der Waals surface area (Å²) in [6, 6.07) is 0.480. The Balaban J connectivity index is 4.85. The predicted molar refractivity (Wildman–Crippen MR) is 91.5 cm³/mol. The van der Waals surface area contributed by atoms with E-state index >= 15 is 0 Å². The Morgan fingerprint density at radius 1 is 0.952 bits per heavy atom. The third kappa shape index (κ3) is 9.20. The molecule has 0 N–H and O–H groups in total. The molecule has 0 radical (unpaired) electrons. The minimum atomic E-state index is -3.17. The first-order valence-corrected chi connectivity index (χ1v) is 12.0. The maximum Gasteiger partial charge on any atom is 0.501 e. The van der Waals surface area contributed by atoms with Crippen LogP contribution < -0.4 is 0 Å². The predicted octanol–water partition coefficient (Wildman–Crippen LogP) is 2.90. The van der Waals surface area contributed by atoms with Gasteiger partial charge in [0.05, 0.1) is 0 Å². The summed E-state index contributed by atoms with van der Waals surface area (Å²) in [5.74, 6) is 0. The maximum atomic E-state index is 11.5. The van der Waals surface area contributed by atoms with Crippen LogP contribution >= 0.6 is 12.6 Å². The minimum Gasteiger partial charge on any atom is -0.373 e. The summed E-state index contributed by atoms with van der Waals surface area (Å²) in [5.41, 5.74) is 0. The summed E-state index contributed by atoms with van der Waals surface area (Å²) in [6.07, 6.45) is 4.19. The number of hydrogen-bond donors (Lipinski definition) is 1. The molecule has 0 spiro atoms. The first-order chi connectivity index (χ1) is 9.81. The molecule has 0 amide bonds. The third-order valence-electron chi connectivity index (χ3n) is 2.77. The monoisotopic (exact) mass is 358 g/mol. The average molecular weight is 359 g/mol. The largest absolute Gasteiger partial charge is 0.501 e. The molecule has 1 atom stereocenters.